The van der Waals surface area contributed by atoms with Gasteiger partial charge in [0.1, 0.15) is 12.2 Å². The number of benzene rings is 1. The molecule has 136 valence electrons. The molecule has 0 saturated carbocycles. The average Bonchev–Trinajstić information content (AvgIpc) is 3.37. The third-order valence-corrected chi connectivity index (χ3v) is 5.09. The third kappa shape index (κ3) is 2.69. The van der Waals surface area contributed by atoms with Crippen LogP contribution in [0.15, 0.2) is 49.1 Å². The highest BCUT2D eigenvalue weighted by atomic mass is 15.3. The summed E-state index contributed by atoms with van der Waals surface area (Å²) < 4.78 is 1.99. The summed E-state index contributed by atoms with van der Waals surface area (Å²) in [4.78, 5) is 18.6. The summed E-state index contributed by atoms with van der Waals surface area (Å²) in [5, 5.41) is 6.87. The first-order valence-corrected chi connectivity index (χ1v) is 9.03. The zero-order valence-corrected chi connectivity index (χ0v) is 15.1. The number of fused-ring (bicyclic) bond motifs is 1. The van der Waals surface area contributed by atoms with Crippen LogP contribution in [0.4, 0.5) is 11.5 Å². The summed E-state index contributed by atoms with van der Waals surface area (Å²) in [5.41, 5.74) is 3.88. The maximum Gasteiger partial charge on any atom is 0.165 e. The molecule has 27 heavy (non-hydrogen) atoms. The van der Waals surface area contributed by atoms with Crippen molar-refractivity contribution in [2.45, 2.75) is 0 Å². The monoisotopic (exact) mass is 360 g/mol. The Bertz CT molecular complexity index is 1050. The highest BCUT2D eigenvalue weighted by Crippen LogP contribution is 2.28. The standard InChI is InChI=1S/C19H20N8/c1-25-17(14-11-22-23-12-14)24-16-18(25)20-13-21-19(16)27-9-7-26(8-10-27)15-5-3-2-4-6-15/h2-6,11-13H,7-10H2,1H3,(H,22,23). The Morgan fingerprint density at radius 1 is 0.963 bits per heavy atom. The highest BCUT2D eigenvalue weighted by Gasteiger charge is 2.23. The van der Waals surface area contributed by atoms with Gasteiger partial charge in [0.05, 0.1) is 11.8 Å². The van der Waals surface area contributed by atoms with E-state index in [4.69, 9.17) is 4.98 Å². The lowest BCUT2D eigenvalue weighted by atomic mass is 10.2. The van der Waals surface area contributed by atoms with Gasteiger partial charge >= 0.3 is 0 Å². The van der Waals surface area contributed by atoms with Crippen LogP contribution in [0.2, 0.25) is 0 Å². The van der Waals surface area contributed by atoms with Gasteiger partial charge in [-0.05, 0) is 12.1 Å². The molecule has 1 aliphatic heterocycles. The average molecular weight is 360 g/mol. The Hall–Kier alpha value is -3.42. The largest absolute Gasteiger partial charge is 0.368 e. The first kappa shape index (κ1) is 15.8. The molecule has 1 aliphatic rings. The maximum atomic E-state index is 4.83. The molecule has 0 spiro atoms. The molecule has 1 aromatic carbocycles. The summed E-state index contributed by atoms with van der Waals surface area (Å²) in [6.07, 6.45) is 5.24. The topological polar surface area (TPSA) is 78.8 Å². The zero-order valence-electron chi connectivity index (χ0n) is 15.1. The van der Waals surface area contributed by atoms with Gasteiger partial charge in [-0.3, -0.25) is 5.10 Å². The Kier molecular flexibility index (Phi) is 3.74. The van der Waals surface area contributed by atoms with Gasteiger partial charge in [0.15, 0.2) is 17.0 Å². The summed E-state index contributed by atoms with van der Waals surface area (Å²) in [5.74, 6) is 1.74. The predicted molar refractivity (Wildman–Crippen MR) is 105 cm³/mol. The van der Waals surface area contributed by atoms with Crippen LogP contribution in [0.1, 0.15) is 0 Å². The van der Waals surface area contributed by atoms with Gasteiger partial charge in [-0.1, -0.05) is 18.2 Å². The van der Waals surface area contributed by atoms with E-state index in [1.807, 2.05) is 17.8 Å². The molecule has 1 N–H and O–H groups in total. The molecule has 4 heterocycles. The predicted octanol–water partition coefficient (Wildman–Crippen LogP) is 2.08. The molecule has 0 bridgehead atoms. The number of hydrogen-bond acceptors (Lipinski definition) is 6. The Balaban J connectivity index is 1.45. The second kappa shape index (κ2) is 6.39. The second-order valence-corrected chi connectivity index (χ2v) is 6.66. The van der Waals surface area contributed by atoms with Gasteiger partial charge < -0.3 is 14.4 Å². The molecule has 0 aliphatic carbocycles. The molecular formula is C19H20N8. The molecule has 8 nitrogen and oxygen atoms in total. The third-order valence-electron chi connectivity index (χ3n) is 5.09. The molecule has 1 fully saturated rings. The summed E-state index contributed by atoms with van der Waals surface area (Å²) in [6, 6.07) is 10.5. The molecular weight excluding hydrogens is 340 g/mol. The summed E-state index contributed by atoms with van der Waals surface area (Å²) in [6.45, 7) is 3.71. The molecule has 0 radical (unpaired) electrons. The molecule has 5 rings (SSSR count). The Morgan fingerprint density at radius 3 is 2.48 bits per heavy atom. The van der Waals surface area contributed by atoms with Crippen molar-refractivity contribution >= 4 is 22.7 Å². The van der Waals surface area contributed by atoms with E-state index < -0.39 is 0 Å². The minimum Gasteiger partial charge on any atom is -0.368 e. The van der Waals surface area contributed by atoms with Gasteiger partial charge in [0, 0.05) is 45.1 Å². The van der Waals surface area contributed by atoms with E-state index in [0.717, 1.165) is 54.5 Å². The molecule has 0 amide bonds. The normalized spacial score (nSPS) is 14.9. The second-order valence-electron chi connectivity index (χ2n) is 6.66. The fourth-order valence-corrected chi connectivity index (χ4v) is 3.67. The number of rotatable bonds is 3. The first-order chi connectivity index (χ1) is 13.3. The van der Waals surface area contributed by atoms with Crippen molar-refractivity contribution in [2.75, 3.05) is 36.0 Å². The van der Waals surface area contributed by atoms with Crippen molar-refractivity contribution < 1.29 is 0 Å². The van der Waals surface area contributed by atoms with E-state index in [1.54, 1.807) is 12.5 Å². The highest BCUT2D eigenvalue weighted by molar-refractivity contribution is 5.86. The van der Waals surface area contributed by atoms with E-state index in [1.165, 1.54) is 5.69 Å². The summed E-state index contributed by atoms with van der Waals surface area (Å²) >= 11 is 0. The Morgan fingerprint density at radius 2 is 1.74 bits per heavy atom. The molecule has 1 saturated heterocycles. The van der Waals surface area contributed by atoms with Crippen LogP contribution in [0.3, 0.4) is 0 Å². The van der Waals surface area contributed by atoms with Gasteiger partial charge in [0.25, 0.3) is 0 Å². The summed E-state index contributed by atoms with van der Waals surface area (Å²) in [7, 11) is 1.97. The van der Waals surface area contributed by atoms with Crippen molar-refractivity contribution in [3.63, 3.8) is 0 Å². The SMILES string of the molecule is Cn1c(-c2cn[nH]c2)nc2c(N3CCN(c4ccccc4)CC3)ncnc21. The van der Waals surface area contributed by atoms with E-state index in [9.17, 15) is 0 Å². The first-order valence-electron chi connectivity index (χ1n) is 9.03. The number of para-hydroxylation sites is 1. The van der Waals surface area contributed by atoms with E-state index in [-0.39, 0.29) is 0 Å². The number of piperazine rings is 1. The van der Waals surface area contributed by atoms with Crippen molar-refractivity contribution in [1.29, 1.82) is 0 Å². The minimum atomic E-state index is 0.835. The van der Waals surface area contributed by atoms with Crippen LogP contribution < -0.4 is 9.80 Å². The molecule has 4 aromatic rings. The van der Waals surface area contributed by atoms with Crippen LogP contribution in [-0.4, -0.2) is 55.9 Å². The van der Waals surface area contributed by atoms with Gasteiger partial charge in [-0.25, -0.2) is 15.0 Å². The van der Waals surface area contributed by atoms with Gasteiger partial charge in [-0.15, -0.1) is 0 Å². The van der Waals surface area contributed by atoms with Gasteiger partial charge in [0.2, 0.25) is 0 Å². The minimum absolute atomic E-state index is 0.835. The van der Waals surface area contributed by atoms with Crippen LogP contribution in [0.25, 0.3) is 22.6 Å². The number of nitrogens with zero attached hydrogens (tertiary/aromatic N) is 7. The van der Waals surface area contributed by atoms with Crippen LogP contribution in [-0.2, 0) is 7.05 Å². The van der Waals surface area contributed by atoms with Crippen LogP contribution in [0, 0.1) is 0 Å². The van der Waals surface area contributed by atoms with E-state index >= 15 is 0 Å². The molecule has 0 unspecified atom stereocenters. The van der Waals surface area contributed by atoms with Crippen molar-refractivity contribution in [3.05, 3.63) is 49.1 Å². The van der Waals surface area contributed by atoms with Crippen molar-refractivity contribution in [1.82, 2.24) is 29.7 Å². The number of nitrogens with one attached hydrogen (secondary N) is 1. The van der Waals surface area contributed by atoms with Gasteiger partial charge in [-0.2, -0.15) is 5.10 Å². The number of hydrogen-bond donors (Lipinski definition) is 1. The van der Waals surface area contributed by atoms with Crippen LogP contribution in [0.5, 0.6) is 0 Å². The molecule has 3 aromatic heterocycles. The number of aromatic nitrogens is 6. The number of aromatic amines is 1. The van der Waals surface area contributed by atoms with Crippen molar-refractivity contribution in [2.24, 2.45) is 7.05 Å². The fourth-order valence-electron chi connectivity index (χ4n) is 3.67. The number of anilines is 2. The fraction of sp³-hybridized carbons (Fsp3) is 0.263. The maximum absolute atomic E-state index is 4.83. The zero-order chi connectivity index (χ0) is 18.2. The van der Waals surface area contributed by atoms with Crippen LogP contribution >= 0.6 is 0 Å². The van der Waals surface area contributed by atoms with E-state index in [2.05, 4.69) is 60.3 Å². The van der Waals surface area contributed by atoms with Crippen molar-refractivity contribution in [3.8, 4) is 11.4 Å². The lowest BCUT2D eigenvalue weighted by Crippen LogP contribution is -2.46. The number of H-pyrrole nitrogens is 1. The molecule has 8 heteroatoms. The van der Waals surface area contributed by atoms with E-state index in [0.29, 0.717) is 0 Å². The molecule has 0 atom stereocenters. The Labute approximate surface area is 156 Å². The smallest absolute Gasteiger partial charge is 0.165 e. The quantitative estimate of drug-likeness (QED) is 0.603. The number of imidazole rings is 1. The lowest BCUT2D eigenvalue weighted by molar-refractivity contribution is 0.648. The lowest BCUT2D eigenvalue weighted by Gasteiger charge is -2.36. The number of aryl methyl sites for hydroxylation is 1.